The molecule has 0 amide bonds. The second kappa shape index (κ2) is 46.9. The molecular weight excluding hydrogens is 444 g/mol. The number of benzene rings is 3. The summed E-state index contributed by atoms with van der Waals surface area (Å²) < 4.78 is 0. The molecule has 0 aliphatic heterocycles. The Morgan fingerprint density at radius 3 is 0.892 bits per heavy atom. The van der Waals surface area contributed by atoms with Gasteiger partial charge in [-0.1, -0.05) is 194 Å². The number of unbranched alkanes of at least 4 members (excludes halogenated alkanes) is 1. The first-order chi connectivity index (χ1) is 18.3. The Hall–Kier alpha value is -2.34. The normalized spacial score (nSPS) is 7.70. The largest absolute Gasteiger partial charge is 0.0683 e. The molecule has 0 spiro atoms. The highest BCUT2D eigenvalue weighted by molar-refractivity contribution is 5.15. The third kappa shape index (κ3) is 35.9. The van der Waals surface area contributed by atoms with E-state index < -0.39 is 0 Å². The second-order valence-electron chi connectivity index (χ2n) is 6.66. The van der Waals surface area contributed by atoms with E-state index in [9.17, 15) is 0 Å². The second-order valence-corrected chi connectivity index (χ2v) is 6.66. The zero-order valence-corrected chi connectivity index (χ0v) is 27.4. The number of rotatable bonds is 6. The highest BCUT2D eigenvalue weighted by Crippen LogP contribution is 2.03. The lowest BCUT2D eigenvalue weighted by Gasteiger charge is -1.96. The Morgan fingerprint density at radius 1 is 0.351 bits per heavy atom. The molecule has 0 heterocycles. The fraction of sp³-hybridized carbons (Fsp3) is 0.514. The van der Waals surface area contributed by atoms with Crippen LogP contribution in [0.4, 0.5) is 0 Å². The minimum atomic E-state index is 1.14. The average molecular weight is 511 g/mol. The monoisotopic (exact) mass is 511 g/mol. The molecular formula is C37H66. The van der Waals surface area contributed by atoms with E-state index in [1.54, 1.807) is 0 Å². The Balaban J connectivity index is -0.000000118. The summed E-state index contributed by atoms with van der Waals surface area (Å²) in [5, 5.41) is 0. The Morgan fingerprint density at radius 2 is 0.649 bits per heavy atom. The highest BCUT2D eigenvalue weighted by Gasteiger charge is 1.87. The van der Waals surface area contributed by atoms with Crippen LogP contribution in [0.1, 0.15) is 126 Å². The predicted octanol–water partition coefficient (Wildman–Crippen LogP) is 13.0. The smallest absolute Gasteiger partial charge is 0.0279 e. The van der Waals surface area contributed by atoms with E-state index >= 15 is 0 Å². The van der Waals surface area contributed by atoms with Crippen LogP contribution < -0.4 is 0 Å². The standard InChI is InChI=1S/C10H14.C9H12.C8H10.5C2H6/c1-2-3-7-10-8-5-4-6-9-10;1-2-6-9-7-4-3-5-8-9;1-2-8-6-4-3-5-7-8;5*1-2/h4-6,8-9H,2-3,7H2,1H3;3-5,7-8H,2,6H2,1H3;3-7H,2H2,1H3;5*1-2H3. The number of hydrogen-bond donors (Lipinski definition) is 0. The summed E-state index contributed by atoms with van der Waals surface area (Å²) in [6, 6.07) is 31.7. The molecule has 0 N–H and O–H groups in total. The van der Waals surface area contributed by atoms with Crippen molar-refractivity contribution >= 4 is 0 Å². The Bertz CT molecular complexity index is 656. The summed E-state index contributed by atoms with van der Waals surface area (Å²) in [6.07, 6.45) is 7.42. The van der Waals surface area contributed by atoms with Crippen molar-refractivity contribution in [3.8, 4) is 0 Å². The SMILES string of the molecule is CC.CC.CC.CC.CC.CCCCc1ccccc1.CCCc1ccccc1.CCc1ccccc1. The molecule has 0 unspecified atom stereocenters. The van der Waals surface area contributed by atoms with Crippen LogP contribution in [0.5, 0.6) is 0 Å². The predicted molar refractivity (Wildman–Crippen MR) is 178 cm³/mol. The third-order valence-electron chi connectivity index (χ3n) is 4.29. The van der Waals surface area contributed by atoms with Gasteiger partial charge in [-0.3, -0.25) is 0 Å². The minimum Gasteiger partial charge on any atom is -0.0683 e. The van der Waals surface area contributed by atoms with E-state index in [0.717, 1.165) is 6.42 Å². The van der Waals surface area contributed by atoms with Crippen molar-refractivity contribution in [2.45, 2.75) is 129 Å². The van der Waals surface area contributed by atoms with Crippen molar-refractivity contribution in [3.05, 3.63) is 108 Å². The molecule has 0 radical (unpaired) electrons. The molecule has 0 saturated carbocycles. The molecule has 0 fully saturated rings. The van der Waals surface area contributed by atoms with E-state index in [1.165, 1.54) is 48.8 Å². The molecule has 37 heavy (non-hydrogen) atoms. The maximum absolute atomic E-state index is 2.23. The molecule has 0 bridgehead atoms. The summed E-state index contributed by atoms with van der Waals surface area (Å²) in [5.74, 6) is 0. The molecule has 0 heteroatoms. The minimum absolute atomic E-state index is 1.14. The van der Waals surface area contributed by atoms with Crippen LogP contribution in [0.25, 0.3) is 0 Å². The molecule has 0 atom stereocenters. The summed E-state index contributed by atoms with van der Waals surface area (Å²) in [6.45, 7) is 26.6. The van der Waals surface area contributed by atoms with E-state index in [1.807, 2.05) is 75.3 Å². The van der Waals surface area contributed by atoms with Crippen LogP contribution in [0, 0.1) is 0 Å². The van der Waals surface area contributed by atoms with Crippen LogP contribution in [-0.2, 0) is 19.3 Å². The van der Waals surface area contributed by atoms with Crippen LogP contribution in [-0.4, -0.2) is 0 Å². The summed E-state index contributed by atoms with van der Waals surface area (Å²) in [5.41, 5.74) is 4.32. The van der Waals surface area contributed by atoms with Gasteiger partial charge in [0, 0.05) is 0 Å². The van der Waals surface area contributed by atoms with Crippen LogP contribution in [0.3, 0.4) is 0 Å². The van der Waals surface area contributed by atoms with Gasteiger partial charge in [0.25, 0.3) is 0 Å². The molecule has 0 saturated heterocycles. The lowest BCUT2D eigenvalue weighted by Crippen LogP contribution is -1.81. The highest BCUT2D eigenvalue weighted by atomic mass is 13.9. The van der Waals surface area contributed by atoms with Crippen molar-refractivity contribution < 1.29 is 0 Å². The first-order valence-corrected chi connectivity index (χ1v) is 15.4. The Labute approximate surface area is 236 Å². The average Bonchev–Trinajstić information content (AvgIpc) is 3.03. The molecule has 3 aromatic carbocycles. The van der Waals surface area contributed by atoms with Crippen LogP contribution in [0.15, 0.2) is 91.0 Å². The van der Waals surface area contributed by atoms with Crippen molar-refractivity contribution in [3.63, 3.8) is 0 Å². The molecule has 0 aromatic heterocycles. The first kappa shape index (κ1) is 44.6. The van der Waals surface area contributed by atoms with Crippen molar-refractivity contribution in [2.24, 2.45) is 0 Å². The summed E-state index contributed by atoms with van der Waals surface area (Å²) >= 11 is 0. The van der Waals surface area contributed by atoms with Crippen LogP contribution >= 0.6 is 0 Å². The molecule has 0 aliphatic carbocycles. The lowest BCUT2D eigenvalue weighted by molar-refractivity contribution is 0.795. The quantitative estimate of drug-likeness (QED) is 0.309. The van der Waals surface area contributed by atoms with Gasteiger partial charge in [-0.05, 0) is 42.4 Å². The van der Waals surface area contributed by atoms with Gasteiger partial charge in [-0.2, -0.15) is 0 Å². The number of aryl methyl sites for hydroxylation is 3. The zero-order valence-electron chi connectivity index (χ0n) is 27.4. The van der Waals surface area contributed by atoms with Gasteiger partial charge in [-0.15, -0.1) is 0 Å². The van der Waals surface area contributed by atoms with E-state index in [2.05, 4.69) is 106 Å². The van der Waals surface area contributed by atoms with Gasteiger partial charge >= 0.3 is 0 Å². The van der Waals surface area contributed by atoms with E-state index in [-0.39, 0.29) is 0 Å². The van der Waals surface area contributed by atoms with Gasteiger partial charge in [0.1, 0.15) is 0 Å². The molecule has 3 aromatic rings. The lowest BCUT2D eigenvalue weighted by atomic mass is 10.1. The van der Waals surface area contributed by atoms with Crippen molar-refractivity contribution in [1.82, 2.24) is 0 Å². The third-order valence-corrected chi connectivity index (χ3v) is 4.29. The topological polar surface area (TPSA) is 0 Å². The fourth-order valence-electron chi connectivity index (χ4n) is 2.67. The first-order valence-electron chi connectivity index (χ1n) is 15.4. The van der Waals surface area contributed by atoms with Crippen molar-refractivity contribution in [1.29, 1.82) is 0 Å². The molecule has 0 aliphatic rings. The molecule has 214 valence electrons. The maximum Gasteiger partial charge on any atom is -0.0279 e. The number of hydrogen-bond acceptors (Lipinski definition) is 0. The molecule has 3 rings (SSSR count). The van der Waals surface area contributed by atoms with Gasteiger partial charge in [0.05, 0.1) is 0 Å². The van der Waals surface area contributed by atoms with Gasteiger partial charge in [0.2, 0.25) is 0 Å². The zero-order chi connectivity index (χ0) is 29.6. The van der Waals surface area contributed by atoms with Crippen LogP contribution in [0.2, 0.25) is 0 Å². The van der Waals surface area contributed by atoms with E-state index in [0.29, 0.717) is 0 Å². The van der Waals surface area contributed by atoms with E-state index in [4.69, 9.17) is 0 Å². The van der Waals surface area contributed by atoms with Gasteiger partial charge in [0.15, 0.2) is 0 Å². The molecule has 0 nitrogen and oxygen atoms in total. The summed E-state index contributed by atoms with van der Waals surface area (Å²) in [7, 11) is 0. The maximum atomic E-state index is 2.23. The fourth-order valence-corrected chi connectivity index (χ4v) is 2.67. The summed E-state index contributed by atoms with van der Waals surface area (Å²) in [4.78, 5) is 0. The van der Waals surface area contributed by atoms with Gasteiger partial charge in [-0.25, -0.2) is 0 Å². The van der Waals surface area contributed by atoms with Crippen molar-refractivity contribution in [2.75, 3.05) is 0 Å². The Kier molecular flexibility index (Phi) is 56.6. The van der Waals surface area contributed by atoms with Gasteiger partial charge < -0.3 is 0 Å².